The molecule has 1 atom stereocenters. The summed E-state index contributed by atoms with van der Waals surface area (Å²) >= 11 is 9.81. The summed E-state index contributed by atoms with van der Waals surface area (Å²) in [7, 11) is -2.88. The first kappa shape index (κ1) is 33.0. The molecular formula is C33H33BrClN3O5S. The molecule has 44 heavy (non-hydrogen) atoms. The first-order chi connectivity index (χ1) is 21.1. The lowest BCUT2D eigenvalue weighted by Gasteiger charge is -2.34. The molecule has 0 fully saturated rings. The number of carbonyl (C=O) groups excluding carboxylic acids is 2. The number of rotatable bonds is 13. The van der Waals surface area contributed by atoms with E-state index < -0.39 is 28.5 Å². The molecule has 0 radical (unpaired) electrons. The van der Waals surface area contributed by atoms with E-state index in [0.717, 1.165) is 19.9 Å². The van der Waals surface area contributed by atoms with Crippen LogP contribution < -0.4 is 14.4 Å². The summed E-state index contributed by atoms with van der Waals surface area (Å²) in [5.41, 5.74) is 1.70. The zero-order valence-corrected chi connectivity index (χ0v) is 27.5. The fourth-order valence-corrected chi connectivity index (χ4v) is 6.82. The number of halogens is 2. The van der Waals surface area contributed by atoms with Gasteiger partial charge < -0.3 is 15.0 Å². The van der Waals surface area contributed by atoms with Crippen LogP contribution in [0.1, 0.15) is 18.1 Å². The number of carbonyl (C=O) groups is 2. The van der Waals surface area contributed by atoms with Crippen molar-refractivity contribution in [2.45, 2.75) is 30.8 Å². The van der Waals surface area contributed by atoms with Gasteiger partial charge in [0.1, 0.15) is 18.3 Å². The summed E-state index contributed by atoms with van der Waals surface area (Å²) in [5, 5.41) is 3.11. The maximum Gasteiger partial charge on any atom is 0.264 e. The summed E-state index contributed by atoms with van der Waals surface area (Å²) in [6.07, 6.45) is 0.221. The van der Waals surface area contributed by atoms with Gasteiger partial charge in [0.15, 0.2) is 0 Å². The molecule has 4 aromatic rings. The van der Waals surface area contributed by atoms with Gasteiger partial charge in [0.2, 0.25) is 11.8 Å². The average Bonchev–Trinajstić information content (AvgIpc) is 3.02. The molecule has 0 bridgehead atoms. The molecule has 0 spiro atoms. The minimum Gasteiger partial charge on any atom is -0.495 e. The van der Waals surface area contributed by atoms with Gasteiger partial charge in [-0.25, -0.2) is 8.42 Å². The smallest absolute Gasteiger partial charge is 0.264 e. The summed E-state index contributed by atoms with van der Waals surface area (Å²) in [5.74, 6) is -0.721. The van der Waals surface area contributed by atoms with E-state index in [-0.39, 0.29) is 40.2 Å². The van der Waals surface area contributed by atoms with Gasteiger partial charge in [-0.15, -0.1) is 0 Å². The number of hydrogen-bond acceptors (Lipinski definition) is 5. The highest BCUT2D eigenvalue weighted by molar-refractivity contribution is 9.10. The van der Waals surface area contributed by atoms with E-state index in [1.165, 1.54) is 30.2 Å². The molecule has 8 nitrogen and oxygen atoms in total. The van der Waals surface area contributed by atoms with Crippen LogP contribution in [0.3, 0.4) is 0 Å². The molecule has 0 aliphatic rings. The minimum atomic E-state index is -4.29. The van der Waals surface area contributed by atoms with E-state index in [1.54, 1.807) is 37.3 Å². The quantitative estimate of drug-likeness (QED) is 0.183. The van der Waals surface area contributed by atoms with Gasteiger partial charge in [0, 0.05) is 29.0 Å². The monoisotopic (exact) mass is 697 g/mol. The molecule has 11 heteroatoms. The molecule has 1 N–H and O–H groups in total. The SMILES string of the molecule is CCNC(=O)[C@H](Cc1ccccc1)N(Cc1cccc(Br)c1)C(=O)CN(c1cc(Cl)ccc1OC)S(=O)(=O)c1ccccc1. The Labute approximate surface area is 271 Å². The number of hydrogen-bond donors (Lipinski definition) is 1. The maximum atomic E-state index is 14.5. The van der Waals surface area contributed by atoms with Crippen molar-refractivity contribution in [1.82, 2.24) is 10.2 Å². The van der Waals surface area contributed by atoms with Crippen molar-refractivity contribution in [2.24, 2.45) is 0 Å². The number of ether oxygens (including phenoxy) is 1. The summed E-state index contributed by atoms with van der Waals surface area (Å²) in [6, 6.07) is 28.2. The summed E-state index contributed by atoms with van der Waals surface area (Å²) in [4.78, 5) is 29.5. The lowest BCUT2D eigenvalue weighted by Crippen LogP contribution is -2.53. The topological polar surface area (TPSA) is 96.0 Å². The second-order valence-electron chi connectivity index (χ2n) is 9.89. The number of likely N-dealkylation sites (N-methyl/N-ethyl adjacent to an activating group) is 1. The number of amides is 2. The molecule has 0 aromatic heterocycles. The van der Waals surface area contributed by atoms with Gasteiger partial charge in [-0.2, -0.15) is 0 Å². The molecule has 0 aliphatic carbocycles. The first-order valence-electron chi connectivity index (χ1n) is 13.9. The van der Waals surface area contributed by atoms with Crippen LogP contribution in [0.5, 0.6) is 5.75 Å². The molecule has 0 saturated heterocycles. The van der Waals surface area contributed by atoms with Crippen molar-refractivity contribution in [3.8, 4) is 5.75 Å². The van der Waals surface area contributed by atoms with Crippen molar-refractivity contribution in [1.29, 1.82) is 0 Å². The number of nitrogens with one attached hydrogen (secondary N) is 1. The third-order valence-electron chi connectivity index (χ3n) is 6.88. The van der Waals surface area contributed by atoms with Crippen LogP contribution in [-0.2, 0) is 32.6 Å². The number of benzene rings is 4. The van der Waals surface area contributed by atoms with Crippen molar-refractivity contribution in [2.75, 3.05) is 24.5 Å². The van der Waals surface area contributed by atoms with Crippen molar-refractivity contribution >= 4 is 55.1 Å². The normalized spacial score (nSPS) is 11.8. The third-order valence-corrected chi connectivity index (χ3v) is 9.39. The Bertz CT molecular complexity index is 1690. The lowest BCUT2D eigenvalue weighted by molar-refractivity contribution is -0.140. The van der Waals surface area contributed by atoms with Gasteiger partial charge >= 0.3 is 0 Å². The van der Waals surface area contributed by atoms with E-state index in [1.807, 2.05) is 54.6 Å². The largest absolute Gasteiger partial charge is 0.495 e. The van der Waals surface area contributed by atoms with E-state index in [9.17, 15) is 18.0 Å². The molecule has 0 aliphatic heterocycles. The maximum absolute atomic E-state index is 14.5. The second-order valence-corrected chi connectivity index (χ2v) is 13.1. The van der Waals surface area contributed by atoms with Crippen molar-refractivity contribution < 1.29 is 22.7 Å². The molecule has 4 aromatic carbocycles. The number of anilines is 1. The van der Waals surface area contributed by atoms with Crippen LogP contribution in [0.2, 0.25) is 5.02 Å². The van der Waals surface area contributed by atoms with Crippen LogP contribution in [0.25, 0.3) is 0 Å². The van der Waals surface area contributed by atoms with Crippen LogP contribution in [-0.4, -0.2) is 51.4 Å². The highest BCUT2D eigenvalue weighted by Crippen LogP contribution is 2.35. The van der Waals surface area contributed by atoms with Gasteiger partial charge in [-0.3, -0.25) is 13.9 Å². The number of nitrogens with zero attached hydrogens (tertiary/aromatic N) is 2. The number of sulfonamides is 1. The summed E-state index contributed by atoms with van der Waals surface area (Å²) < 4.78 is 35.6. The summed E-state index contributed by atoms with van der Waals surface area (Å²) in [6.45, 7) is 1.60. The Hall–Kier alpha value is -3.86. The lowest BCUT2D eigenvalue weighted by atomic mass is 10.0. The third kappa shape index (κ3) is 8.19. The van der Waals surface area contributed by atoms with E-state index >= 15 is 0 Å². The van der Waals surface area contributed by atoms with Gasteiger partial charge in [0.05, 0.1) is 17.7 Å². The molecule has 2 amide bonds. The fraction of sp³-hybridized carbons (Fsp3) is 0.212. The Balaban J connectivity index is 1.84. The average molecular weight is 699 g/mol. The van der Waals surface area contributed by atoms with Crippen molar-refractivity contribution in [3.05, 3.63) is 124 Å². The molecule has 4 rings (SSSR count). The zero-order chi connectivity index (χ0) is 31.7. The number of methoxy groups -OCH3 is 1. The van der Waals surface area contributed by atoms with Crippen molar-refractivity contribution in [3.63, 3.8) is 0 Å². The predicted molar refractivity (Wildman–Crippen MR) is 176 cm³/mol. The predicted octanol–water partition coefficient (Wildman–Crippen LogP) is 6.08. The highest BCUT2D eigenvalue weighted by atomic mass is 79.9. The Kier molecular flexibility index (Phi) is 11.4. The van der Waals surface area contributed by atoms with Crippen LogP contribution in [0, 0.1) is 0 Å². The Morgan fingerprint density at radius 3 is 2.20 bits per heavy atom. The van der Waals surface area contributed by atoms with E-state index in [4.69, 9.17) is 16.3 Å². The Morgan fingerprint density at radius 1 is 0.909 bits per heavy atom. The standard InChI is InChI=1S/C33H33BrClN3O5S/c1-3-36-33(40)30(20-24-11-6-4-7-12-24)37(22-25-13-10-14-26(34)19-25)32(39)23-38(29-21-27(35)17-18-31(29)43-2)44(41,42)28-15-8-5-9-16-28/h4-19,21,30H,3,20,22-23H2,1-2H3,(H,36,40)/t30-/m0/s1. The van der Waals surface area contributed by atoms with E-state index in [2.05, 4.69) is 21.2 Å². The van der Waals surface area contributed by atoms with Crippen LogP contribution in [0.4, 0.5) is 5.69 Å². The van der Waals surface area contributed by atoms with Gasteiger partial charge in [0.25, 0.3) is 10.0 Å². The van der Waals surface area contributed by atoms with Gasteiger partial charge in [-0.05, 0) is 60.5 Å². The molecule has 0 heterocycles. The zero-order valence-electron chi connectivity index (χ0n) is 24.3. The second kappa shape index (κ2) is 15.2. The minimum absolute atomic E-state index is 0.0158. The Morgan fingerprint density at radius 2 is 1.57 bits per heavy atom. The highest BCUT2D eigenvalue weighted by Gasteiger charge is 2.35. The molecule has 0 saturated carbocycles. The molecular weight excluding hydrogens is 666 g/mol. The first-order valence-corrected chi connectivity index (χ1v) is 16.5. The van der Waals surface area contributed by atoms with E-state index in [0.29, 0.717) is 6.54 Å². The fourth-order valence-electron chi connectivity index (χ4n) is 4.77. The van der Waals surface area contributed by atoms with Crippen LogP contribution >= 0.6 is 27.5 Å². The molecule has 0 unspecified atom stereocenters. The molecule has 230 valence electrons. The van der Waals surface area contributed by atoms with Gasteiger partial charge in [-0.1, -0.05) is 88.2 Å². The van der Waals surface area contributed by atoms with Crippen LogP contribution in [0.15, 0.2) is 112 Å².